The van der Waals surface area contributed by atoms with Crippen LogP contribution in [-0.4, -0.2) is 64.2 Å². The molecule has 9 nitrogen and oxygen atoms in total. The number of methoxy groups -OCH3 is 2. The lowest BCUT2D eigenvalue weighted by Gasteiger charge is -2.32. The van der Waals surface area contributed by atoms with Gasteiger partial charge in [-0.25, -0.2) is 8.42 Å². The molecule has 10 heteroatoms. The average Bonchev–Trinajstić information content (AvgIpc) is 2.90. The fourth-order valence-corrected chi connectivity index (χ4v) is 5.05. The first-order valence-corrected chi connectivity index (χ1v) is 14.7. The van der Waals surface area contributed by atoms with Crippen LogP contribution < -0.4 is 19.1 Å². The minimum Gasteiger partial charge on any atom is -0.497 e. The van der Waals surface area contributed by atoms with Crippen molar-refractivity contribution < 1.29 is 27.5 Å². The predicted molar refractivity (Wildman–Crippen MR) is 150 cm³/mol. The molecule has 0 unspecified atom stereocenters. The molecule has 2 atom stereocenters. The van der Waals surface area contributed by atoms with Crippen molar-refractivity contribution in [3.05, 3.63) is 54.1 Å². The molecule has 210 valence electrons. The highest BCUT2D eigenvalue weighted by molar-refractivity contribution is 7.92. The minimum absolute atomic E-state index is 0.0156. The number of nitrogens with zero attached hydrogens (tertiary/aromatic N) is 2. The zero-order valence-electron chi connectivity index (χ0n) is 23.3. The van der Waals surface area contributed by atoms with E-state index in [2.05, 4.69) is 5.32 Å². The molecule has 0 bridgehead atoms. The average molecular weight is 548 g/mol. The summed E-state index contributed by atoms with van der Waals surface area (Å²) < 4.78 is 36.8. The van der Waals surface area contributed by atoms with Gasteiger partial charge in [0, 0.05) is 25.6 Å². The lowest BCUT2D eigenvalue weighted by atomic mass is 10.1. The third-order valence-corrected chi connectivity index (χ3v) is 7.58. The summed E-state index contributed by atoms with van der Waals surface area (Å²) in [5, 5.41) is 2.99. The van der Waals surface area contributed by atoms with E-state index in [1.54, 1.807) is 43.4 Å². The Balaban J connectivity index is 2.24. The van der Waals surface area contributed by atoms with Crippen LogP contribution in [-0.2, 0) is 26.2 Å². The Morgan fingerprint density at radius 3 is 2.18 bits per heavy atom. The van der Waals surface area contributed by atoms with Crippen molar-refractivity contribution >= 4 is 27.5 Å². The third-order valence-electron chi connectivity index (χ3n) is 6.39. The summed E-state index contributed by atoms with van der Waals surface area (Å²) in [7, 11) is -0.456. The Kier molecular flexibility index (Phi) is 11.9. The number of benzene rings is 2. The molecule has 2 amide bonds. The number of anilines is 1. The molecule has 38 heavy (non-hydrogen) atoms. The number of hydrogen-bond donors (Lipinski definition) is 1. The Morgan fingerprint density at radius 2 is 1.63 bits per heavy atom. The molecule has 0 saturated carbocycles. The molecule has 0 radical (unpaired) electrons. The van der Waals surface area contributed by atoms with Crippen molar-refractivity contribution in [1.29, 1.82) is 0 Å². The Bertz CT molecular complexity index is 1150. The van der Waals surface area contributed by atoms with Crippen LogP contribution in [0.2, 0.25) is 0 Å². The first-order chi connectivity index (χ1) is 18.0. The van der Waals surface area contributed by atoms with Gasteiger partial charge in [-0.3, -0.25) is 13.9 Å². The summed E-state index contributed by atoms with van der Waals surface area (Å²) in [5.41, 5.74) is 1.33. The lowest BCUT2D eigenvalue weighted by molar-refractivity contribution is -0.141. The second-order valence-electron chi connectivity index (χ2n) is 9.25. The van der Waals surface area contributed by atoms with E-state index in [0.717, 1.165) is 18.2 Å². The van der Waals surface area contributed by atoms with Crippen LogP contribution >= 0.6 is 0 Å². The van der Waals surface area contributed by atoms with Crippen molar-refractivity contribution in [2.75, 3.05) is 31.3 Å². The van der Waals surface area contributed by atoms with E-state index in [9.17, 15) is 18.0 Å². The van der Waals surface area contributed by atoms with Crippen LogP contribution in [0.3, 0.4) is 0 Å². The van der Waals surface area contributed by atoms with Crippen molar-refractivity contribution in [1.82, 2.24) is 10.2 Å². The second kappa shape index (κ2) is 14.6. The maximum absolute atomic E-state index is 13.5. The molecule has 0 heterocycles. The fraction of sp³-hybridized carbons (Fsp3) is 0.500. The zero-order valence-corrected chi connectivity index (χ0v) is 24.1. The van der Waals surface area contributed by atoms with E-state index in [4.69, 9.17) is 9.47 Å². The van der Waals surface area contributed by atoms with Gasteiger partial charge < -0.3 is 19.7 Å². The standard InChI is InChI=1S/C28H41N3O6S/c1-7-21(3)29-28(33)26(8-2)30(20-22-11-9-12-25(19-22)37-5)27(32)13-10-18-31(38(6,34)35)23-14-16-24(36-4)17-15-23/h9,11-12,14-17,19,21,26H,7-8,10,13,18,20H2,1-6H3,(H,29,33)/t21-,26+/m0/s1. The minimum atomic E-state index is -3.57. The van der Waals surface area contributed by atoms with E-state index < -0.39 is 16.1 Å². The highest BCUT2D eigenvalue weighted by atomic mass is 32.2. The maximum Gasteiger partial charge on any atom is 0.243 e. The van der Waals surface area contributed by atoms with Crippen LogP contribution in [0.25, 0.3) is 0 Å². The van der Waals surface area contributed by atoms with E-state index >= 15 is 0 Å². The predicted octanol–water partition coefficient (Wildman–Crippen LogP) is 3.97. The number of nitrogens with one attached hydrogen (secondary N) is 1. The van der Waals surface area contributed by atoms with Gasteiger partial charge >= 0.3 is 0 Å². The summed E-state index contributed by atoms with van der Waals surface area (Å²) in [5.74, 6) is 0.860. The van der Waals surface area contributed by atoms with Gasteiger partial charge in [-0.05, 0) is 68.1 Å². The highest BCUT2D eigenvalue weighted by Crippen LogP contribution is 2.23. The van der Waals surface area contributed by atoms with Crippen molar-refractivity contribution in [2.24, 2.45) is 0 Å². The zero-order chi connectivity index (χ0) is 28.3. The van der Waals surface area contributed by atoms with E-state index in [1.807, 2.05) is 45.0 Å². The van der Waals surface area contributed by atoms with Gasteiger partial charge in [0.05, 0.1) is 26.2 Å². The van der Waals surface area contributed by atoms with Crippen LogP contribution in [0, 0.1) is 0 Å². The van der Waals surface area contributed by atoms with Crippen molar-refractivity contribution in [2.45, 2.75) is 65.1 Å². The first kappa shape index (κ1) is 31.0. The summed E-state index contributed by atoms with van der Waals surface area (Å²) in [6.45, 7) is 6.15. The lowest BCUT2D eigenvalue weighted by Crippen LogP contribution is -2.50. The largest absolute Gasteiger partial charge is 0.497 e. The molecule has 0 aromatic heterocycles. The highest BCUT2D eigenvalue weighted by Gasteiger charge is 2.29. The van der Waals surface area contributed by atoms with Gasteiger partial charge in [0.25, 0.3) is 0 Å². The Labute approximate surface area is 227 Å². The number of amides is 2. The van der Waals surface area contributed by atoms with Gasteiger partial charge in [-0.15, -0.1) is 0 Å². The number of hydrogen-bond acceptors (Lipinski definition) is 6. The van der Waals surface area contributed by atoms with E-state index in [0.29, 0.717) is 23.6 Å². The molecule has 1 N–H and O–H groups in total. The number of rotatable bonds is 15. The maximum atomic E-state index is 13.5. The van der Waals surface area contributed by atoms with E-state index in [-0.39, 0.29) is 43.8 Å². The van der Waals surface area contributed by atoms with Crippen LogP contribution in [0.4, 0.5) is 5.69 Å². The number of ether oxygens (including phenoxy) is 2. The van der Waals surface area contributed by atoms with E-state index in [1.165, 1.54) is 4.31 Å². The van der Waals surface area contributed by atoms with Crippen LogP contribution in [0.5, 0.6) is 11.5 Å². The monoisotopic (exact) mass is 547 g/mol. The normalized spacial score (nSPS) is 12.8. The summed E-state index contributed by atoms with van der Waals surface area (Å²) in [6, 6.07) is 13.4. The molecule has 0 fully saturated rings. The number of carbonyl (C=O) groups excluding carboxylic acids is 2. The molecular weight excluding hydrogens is 506 g/mol. The molecule has 2 aromatic carbocycles. The summed E-state index contributed by atoms with van der Waals surface area (Å²) in [6.07, 6.45) is 2.73. The van der Waals surface area contributed by atoms with Gasteiger partial charge in [-0.1, -0.05) is 26.0 Å². The van der Waals surface area contributed by atoms with Crippen LogP contribution in [0.1, 0.15) is 52.0 Å². The summed E-state index contributed by atoms with van der Waals surface area (Å²) >= 11 is 0. The molecule has 0 aliphatic rings. The molecule has 0 spiro atoms. The SMILES string of the molecule is CC[C@H](C(=O)N[C@@H](C)CC)N(Cc1cccc(OC)c1)C(=O)CCCN(c1ccc(OC)cc1)S(C)(=O)=O. The first-order valence-electron chi connectivity index (χ1n) is 12.9. The number of carbonyl (C=O) groups is 2. The quantitative estimate of drug-likeness (QED) is 0.362. The molecule has 0 aliphatic heterocycles. The molecule has 2 aromatic rings. The van der Waals surface area contributed by atoms with Gasteiger partial charge in [0.15, 0.2) is 0 Å². The molecule has 2 rings (SSSR count). The Morgan fingerprint density at radius 1 is 0.974 bits per heavy atom. The van der Waals surface area contributed by atoms with Gasteiger partial charge in [-0.2, -0.15) is 0 Å². The van der Waals surface area contributed by atoms with Crippen LogP contribution in [0.15, 0.2) is 48.5 Å². The molecular formula is C28H41N3O6S. The van der Waals surface area contributed by atoms with Gasteiger partial charge in [0.2, 0.25) is 21.8 Å². The second-order valence-corrected chi connectivity index (χ2v) is 11.2. The topological polar surface area (TPSA) is 105 Å². The molecule has 0 aliphatic carbocycles. The Hall–Kier alpha value is -3.27. The van der Waals surface area contributed by atoms with Gasteiger partial charge in [0.1, 0.15) is 17.5 Å². The third kappa shape index (κ3) is 8.93. The number of sulfonamides is 1. The van der Waals surface area contributed by atoms with Crippen molar-refractivity contribution in [3.8, 4) is 11.5 Å². The van der Waals surface area contributed by atoms with Crippen molar-refractivity contribution in [3.63, 3.8) is 0 Å². The summed E-state index contributed by atoms with van der Waals surface area (Å²) in [4.78, 5) is 28.3. The smallest absolute Gasteiger partial charge is 0.243 e. The fourth-order valence-electron chi connectivity index (χ4n) is 4.08. The molecule has 0 saturated heterocycles.